The smallest absolute Gasteiger partial charge is 0.231 e. The average molecular weight is 258 g/mol. The fourth-order valence-corrected chi connectivity index (χ4v) is 3.05. The predicted octanol–water partition coefficient (Wildman–Crippen LogP) is 2.36. The van der Waals surface area contributed by atoms with Gasteiger partial charge in [-0.05, 0) is 43.6 Å². The molecule has 0 N–H and O–H groups in total. The van der Waals surface area contributed by atoms with E-state index in [0.29, 0.717) is 25.0 Å². The number of likely N-dealkylation sites (N-methyl/N-ethyl adjacent to an activating group) is 1. The molecular formula is C15H18N2O2. The number of hydrogen-bond donors (Lipinski definition) is 0. The van der Waals surface area contributed by atoms with Gasteiger partial charge in [0.05, 0.1) is 6.07 Å². The van der Waals surface area contributed by atoms with E-state index in [-0.39, 0.29) is 0 Å². The van der Waals surface area contributed by atoms with Gasteiger partial charge in [0.15, 0.2) is 11.5 Å². The first kappa shape index (κ1) is 12.3. The molecule has 0 saturated carbocycles. The van der Waals surface area contributed by atoms with Gasteiger partial charge < -0.3 is 14.4 Å². The maximum Gasteiger partial charge on any atom is 0.231 e. The summed E-state index contributed by atoms with van der Waals surface area (Å²) >= 11 is 0. The molecule has 0 spiro atoms. The molecule has 1 saturated heterocycles. The normalized spacial score (nSPS) is 26.1. The Morgan fingerprint density at radius 3 is 3.05 bits per heavy atom. The molecule has 0 aliphatic carbocycles. The molecule has 0 aromatic heterocycles. The fraction of sp³-hybridized carbons (Fsp3) is 0.533. The maximum absolute atomic E-state index is 9.00. The van der Waals surface area contributed by atoms with E-state index in [2.05, 4.69) is 30.1 Å². The Bertz CT molecular complexity index is 509. The number of nitrogens with zero attached hydrogens (tertiary/aromatic N) is 2. The molecule has 4 nitrogen and oxygen atoms in total. The van der Waals surface area contributed by atoms with E-state index in [1.54, 1.807) is 0 Å². The molecule has 2 heterocycles. The van der Waals surface area contributed by atoms with E-state index in [4.69, 9.17) is 14.7 Å². The zero-order valence-corrected chi connectivity index (χ0v) is 11.1. The first-order chi connectivity index (χ1) is 9.28. The Kier molecular flexibility index (Phi) is 3.31. The molecule has 4 heteroatoms. The molecule has 3 rings (SSSR count). The average Bonchev–Trinajstić information content (AvgIpc) is 2.88. The van der Waals surface area contributed by atoms with Crippen molar-refractivity contribution >= 4 is 0 Å². The van der Waals surface area contributed by atoms with Crippen molar-refractivity contribution in [2.45, 2.75) is 18.8 Å². The zero-order valence-electron chi connectivity index (χ0n) is 11.1. The van der Waals surface area contributed by atoms with Crippen LogP contribution in [0, 0.1) is 17.2 Å². The van der Waals surface area contributed by atoms with Gasteiger partial charge in [0.2, 0.25) is 6.79 Å². The molecule has 100 valence electrons. The minimum absolute atomic E-state index is 0.310. The van der Waals surface area contributed by atoms with Gasteiger partial charge in [-0.15, -0.1) is 0 Å². The van der Waals surface area contributed by atoms with Crippen molar-refractivity contribution in [1.29, 1.82) is 5.26 Å². The van der Waals surface area contributed by atoms with Crippen LogP contribution >= 0.6 is 0 Å². The maximum atomic E-state index is 9.00. The molecular weight excluding hydrogens is 240 g/mol. The highest BCUT2D eigenvalue weighted by atomic mass is 16.7. The second kappa shape index (κ2) is 5.10. The van der Waals surface area contributed by atoms with E-state index < -0.39 is 0 Å². The summed E-state index contributed by atoms with van der Waals surface area (Å²) in [6.07, 6.45) is 1.72. The summed E-state index contributed by atoms with van der Waals surface area (Å²) in [4.78, 5) is 2.34. The van der Waals surface area contributed by atoms with Crippen LogP contribution in [-0.4, -0.2) is 31.8 Å². The predicted molar refractivity (Wildman–Crippen MR) is 71.1 cm³/mol. The molecule has 19 heavy (non-hydrogen) atoms. The lowest BCUT2D eigenvalue weighted by Gasteiger charge is -2.36. The molecule has 0 bridgehead atoms. The van der Waals surface area contributed by atoms with Crippen LogP contribution in [0.3, 0.4) is 0 Å². The van der Waals surface area contributed by atoms with Gasteiger partial charge in [0.1, 0.15) is 0 Å². The number of hydrogen-bond acceptors (Lipinski definition) is 4. The Morgan fingerprint density at radius 1 is 1.37 bits per heavy atom. The molecule has 1 fully saturated rings. The van der Waals surface area contributed by atoms with Gasteiger partial charge in [0, 0.05) is 18.9 Å². The molecule has 2 aliphatic heterocycles. The summed E-state index contributed by atoms with van der Waals surface area (Å²) in [6.45, 7) is 2.39. The molecule has 0 amide bonds. The van der Waals surface area contributed by atoms with Crippen LogP contribution in [0.15, 0.2) is 18.2 Å². The lowest BCUT2D eigenvalue weighted by molar-refractivity contribution is 0.173. The standard InChI is InChI=1S/C15H18N2O2/c1-17-7-5-11(4-6-16)13(9-17)12-2-3-14-15(8-12)19-10-18-14/h2-3,8,11,13H,4-5,7,9-10H2,1H3. The first-order valence-corrected chi connectivity index (χ1v) is 6.73. The van der Waals surface area contributed by atoms with E-state index in [0.717, 1.165) is 31.0 Å². The zero-order chi connectivity index (χ0) is 13.2. The van der Waals surface area contributed by atoms with Crippen LogP contribution in [0.2, 0.25) is 0 Å². The second-order valence-electron chi connectivity index (χ2n) is 5.39. The van der Waals surface area contributed by atoms with Crippen LogP contribution in [0.25, 0.3) is 0 Å². The van der Waals surface area contributed by atoms with E-state index in [1.165, 1.54) is 5.56 Å². The topological polar surface area (TPSA) is 45.5 Å². The van der Waals surface area contributed by atoms with Gasteiger partial charge in [0.25, 0.3) is 0 Å². The molecule has 1 aromatic rings. The van der Waals surface area contributed by atoms with Crippen LogP contribution in [0.1, 0.15) is 24.3 Å². The quantitative estimate of drug-likeness (QED) is 0.817. The summed E-state index contributed by atoms with van der Waals surface area (Å²) < 4.78 is 10.8. The van der Waals surface area contributed by atoms with Crippen molar-refractivity contribution in [3.05, 3.63) is 23.8 Å². The lowest BCUT2D eigenvalue weighted by atomic mass is 9.79. The largest absolute Gasteiger partial charge is 0.454 e. The minimum Gasteiger partial charge on any atom is -0.454 e. The highest BCUT2D eigenvalue weighted by Gasteiger charge is 2.29. The molecule has 2 unspecified atom stereocenters. The van der Waals surface area contributed by atoms with Crippen molar-refractivity contribution < 1.29 is 9.47 Å². The van der Waals surface area contributed by atoms with Crippen LogP contribution in [-0.2, 0) is 0 Å². The van der Waals surface area contributed by atoms with Gasteiger partial charge in [-0.2, -0.15) is 5.26 Å². The Morgan fingerprint density at radius 2 is 2.21 bits per heavy atom. The summed E-state index contributed by atoms with van der Waals surface area (Å²) in [6, 6.07) is 8.50. The second-order valence-corrected chi connectivity index (χ2v) is 5.39. The number of piperidine rings is 1. The van der Waals surface area contributed by atoms with Crippen molar-refractivity contribution in [2.24, 2.45) is 5.92 Å². The fourth-order valence-electron chi connectivity index (χ4n) is 3.05. The first-order valence-electron chi connectivity index (χ1n) is 6.73. The van der Waals surface area contributed by atoms with Crippen LogP contribution < -0.4 is 9.47 Å². The van der Waals surface area contributed by atoms with Crippen molar-refractivity contribution in [3.63, 3.8) is 0 Å². The van der Waals surface area contributed by atoms with Gasteiger partial charge in [-0.25, -0.2) is 0 Å². The van der Waals surface area contributed by atoms with E-state index >= 15 is 0 Å². The third kappa shape index (κ3) is 2.39. The third-order valence-corrected chi connectivity index (χ3v) is 4.14. The summed E-state index contributed by atoms with van der Waals surface area (Å²) in [5.41, 5.74) is 1.26. The number of ether oxygens (including phenoxy) is 2. The Labute approximate surface area is 113 Å². The number of nitriles is 1. The summed E-state index contributed by atoms with van der Waals surface area (Å²) in [5, 5.41) is 9.00. The van der Waals surface area contributed by atoms with Gasteiger partial charge >= 0.3 is 0 Å². The van der Waals surface area contributed by atoms with Crippen molar-refractivity contribution in [1.82, 2.24) is 4.90 Å². The monoisotopic (exact) mass is 258 g/mol. The molecule has 1 aromatic carbocycles. The highest BCUT2D eigenvalue weighted by Crippen LogP contribution is 2.39. The summed E-state index contributed by atoms with van der Waals surface area (Å²) in [7, 11) is 2.14. The number of rotatable bonds is 2. The number of likely N-dealkylation sites (tertiary alicyclic amines) is 1. The van der Waals surface area contributed by atoms with Crippen LogP contribution in [0.5, 0.6) is 11.5 Å². The van der Waals surface area contributed by atoms with Crippen molar-refractivity contribution in [2.75, 3.05) is 26.9 Å². The van der Waals surface area contributed by atoms with E-state index in [1.807, 2.05) is 6.07 Å². The molecule has 0 radical (unpaired) electrons. The number of benzene rings is 1. The van der Waals surface area contributed by atoms with Gasteiger partial charge in [-0.1, -0.05) is 6.07 Å². The van der Waals surface area contributed by atoms with E-state index in [9.17, 15) is 0 Å². The SMILES string of the molecule is CN1CCC(CC#N)C(c2ccc3c(c2)OCO3)C1. The van der Waals surface area contributed by atoms with Crippen LogP contribution in [0.4, 0.5) is 0 Å². The third-order valence-electron chi connectivity index (χ3n) is 4.14. The van der Waals surface area contributed by atoms with Gasteiger partial charge in [-0.3, -0.25) is 0 Å². The Hall–Kier alpha value is -1.73. The molecule has 2 aliphatic rings. The number of fused-ring (bicyclic) bond motifs is 1. The minimum atomic E-state index is 0.310. The summed E-state index contributed by atoms with van der Waals surface area (Å²) in [5.74, 6) is 2.51. The Balaban J connectivity index is 1.87. The van der Waals surface area contributed by atoms with Crippen molar-refractivity contribution in [3.8, 4) is 17.6 Å². The highest BCUT2D eigenvalue weighted by molar-refractivity contribution is 5.45. The molecule has 2 atom stereocenters. The lowest BCUT2D eigenvalue weighted by Crippen LogP contribution is -2.36.